The average Bonchev–Trinajstić information content (AvgIpc) is 2.25. The topological polar surface area (TPSA) is 116 Å². The van der Waals surface area contributed by atoms with Crippen LogP contribution in [0.1, 0.15) is 11.1 Å². The van der Waals surface area contributed by atoms with Crippen molar-refractivity contribution in [2.24, 2.45) is 0 Å². The van der Waals surface area contributed by atoms with Crippen molar-refractivity contribution in [1.29, 1.82) is 5.26 Å². The van der Waals surface area contributed by atoms with Gasteiger partial charge in [-0.15, -0.1) is 0 Å². The molecule has 1 aromatic carbocycles. The molecule has 82 valence electrons. The number of nitro benzene ring substituents is 1. The molecule has 0 saturated carbocycles. The van der Waals surface area contributed by atoms with E-state index in [2.05, 4.69) is 0 Å². The first kappa shape index (κ1) is 11.5. The van der Waals surface area contributed by atoms with E-state index in [1.165, 1.54) is 18.2 Å². The van der Waals surface area contributed by atoms with Crippen LogP contribution in [-0.2, 0) is 6.54 Å². The lowest BCUT2D eigenvalue weighted by Gasteiger charge is -2.03. The number of benzene rings is 1. The van der Waals surface area contributed by atoms with Crippen LogP contribution in [0.5, 0.6) is 0 Å². The molecule has 0 aliphatic carbocycles. The first-order chi connectivity index (χ1) is 7.54. The Bertz CT molecular complexity index is 478. The molecule has 16 heavy (non-hydrogen) atoms. The first-order valence-electron chi connectivity index (χ1n) is 4.19. The Labute approximate surface area is 90.1 Å². The predicted molar refractivity (Wildman–Crippen MR) is 52.7 cm³/mol. The van der Waals surface area contributed by atoms with E-state index in [0.29, 0.717) is 0 Å². The van der Waals surface area contributed by atoms with Crippen molar-refractivity contribution in [3.8, 4) is 6.07 Å². The third-order valence-corrected chi connectivity index (χ3v) is 1.85. The van der Waals surface area contributed by atoms with Crippen molar-refractivity contribution in [3.05, 3.63) is 39.4 Å². The zero-order chi connectivity index (χ0) is 12.1. The van der Waals surface area contributed by atoms with Gasteiger partial charge in [-0.3, -0.25) is 10.1 Å². The zero-order valence-electron chi connectivity index (χ0n) is 8.01. The third kappa shape index (κ3) is 2.68. The molecular weight excluding hydrogens is 214 g/mol. The number of carbonyl (C=O) groups is 1. The van der Waals surface area contributed by atoms with Crippen LogP contribution in [0.15, 0.2) is 18.2 Å². The van der Waals surface area contributed by atoms with Gasteiger partial charge in [-0.2, -0.15) is 5.26 Å². The lowest BCUT2D eigenvalue weighted by Crippen LogP contribution is -2.20. The molecule has 0 saturated heterocycles. The van der Waals surface area contributed by atoms with E-state index in [1.807, 2.05) is 11.4 Å². The number of hydrogen-bond acceptors (Lipinski definition) is 4. The van der Waals surface area contributed by atoms with E-state index in [4.69, 9.17) is 10.4 Å². The minimum absolute atomic E-state index is 0.139. The van der Waals surface area contributed by atoms with Gasteiger partial charge in [0.15, 0.2) is 0 Å². The minimum Gasteiger partial charge on any atom is -0.465 e. The number of hydrogen-bond donors (Lipinski definition) is 2. The number of nitrogens with one attached hydrogen (secondary N) is 1. The number of nitro groups is 1. The molecule has 1 aromatic rings. The van der Waals surface area contributed by atoms with Gasteiger partial charge in [0.05, 0.1) is 16.6 Å². The van der Waals surface area contributed by atoms with Crippen LogP contribution in [0, 0.1) is 21.4 Å². The van der Waals surface area contributed by atoms with Crippen molar-refractivity contribution in [3.63, 3.8) is 0 Å². The highest BCUT2D eigenvalue weighted by molar-refractivity contribution is 5.64. The standard InChI is InChI=1S/C9H7N3O4/c10-4-6-1-2-8(12(15)16)3-7(6)5-11-9(13)14/h1-3,11H,5H2,(H,13,14). The highest BCUT2D eigenvalue weighted by Crippen LogP contribution is 2.17. The van der Waals surface area contributed by atoms with Crippen LogP contribution in [-0.4, -0.2) is 16.1 Å². The summed E-state index contributed by atoms with van der Waals surface area (Å²) in [5.74, 6) is 0. The molecule has 0 unspecified atom stereocenters. The highest BCUT2D eigenvalue weighted by atomic mass is 16.6. The molecular formula is C9H7N3O4. The molecule has 0 aliphatic heterocycles. The molecule has 1 rings (SSSR count). The van der Waals surface area contributed by atoms with E-state index in [0.717, 1.165) is 0 Å². The van der Waals surface area contributed by atoms with E-state index in [1.54, 1.807) is 0 Å². The van der Waals surface area contributed by atoms with Gasteiger partial charge < -0.3 is 10.4 Å². The van der Waals surface area contributed by atoms with Gasteiger partial charge in [0.25, 0.3) is 5.69 Å². The van der Waals surface area contributed by atoms with Crippen molar-refractivity contribution < 1.29 is 14.8 Å². The summed E-state index contributed by atoms with van der Waals surface area (Å²) in [6.07, 6.45) is -1.25. The smallest absolute Gasteiger partial charge is 0.404 e. The SMILES string of the molecule is N#Cc1ccc([N+](=O)[O-])cc1CNC(=O)O. The van der Waals surface area contributed by atoms with Gasteiger partial charge in [0, 0.05) is 18.7 Å². The highest BCUT2D eigenvalue weighted by Gasteiger charge is 2.10. The van der Waals surface area contributed by atoms with E-state index >= 15 is 0 Å². The monoisotopic (exact) mass is 221 g/mol. The molecule has 0 aromatic heterocycles. The number of carboxylic acid groups (broad SMARTS) is 1. The average molecular weight is 221 g/mol. The van der Waals surface area contributed by atoms with Gasteiger partial charge in [0.1, 0.15) is 0 Å². The Morgan fingerprint density at radius 1 is 1.62 bits per heavy atom. The quantitative estimate of drug-likeness (QED) is 0.588. The second-order valence-corrected chi connectivity index (χ2v) is 2.87. The number of amides is 1. The predicted octanol–water partition coefficient (Wildman–Crippen LogP) is 1.23. The Kier molecular flexibility index (Phi) is 3.40. The summed E-state index contributed by atoms with van der Waals surface area (Å²) in [5.41, 5.74) is 0.305. The Hall–Kier alpha value is -2.62. The van der Waals surface area contributed by atoms with Gasteiger partial charge in [-0.05, 0) is 11.6 Å². The molecule has 0 bridgehead atoms. The first-order valence-corrected chi connectivity index (χ1v) is 4.19. The maximum atomic E-state index is 10.5. The Morgan fingerprint density at radius 2 is 2.31 bits per heavy atom. The second kappa shape index (κ2) is 4.75. The number of nitrogens with zero attached hydrogens (tertiary/aromatic N) is 2. The number of rotatable bonds is 3. The van der Waals surface area contributed by atoms with Gasteiger partial charge >= 0.3 is 6.09 Å². The van der Waals surface area contributed by atoms with Crippen LogP contribution < -0.4 is 5.32 Å². The van der Waals surface area contributed by atoms with Crippen molar-refractivity contribution in [2.45, 2.75) is 6.54 Å². The van der Waals surface area contributed by atoms with E-state index in [9.17, 15) is 14.9 Å². The summed E-state index contributed by atoms with van der Waals surface area (Å²) in [6.45, 7) is -0.139. The summed E-state index contributed by atoms with van der Waals surface area (Å²) in [5, 5.41) is 29.6. The van der Waals surface area contributed by atoms with Crippen molar-refractivity contribution in [1.82, 2.24) is 5.32 Å². The summed E-state index contributed by atoms with van der Waals surface area (Å²) < 4.78 is 0. The van der Waals surface area contributed by atoms with Crippen LogP contribution in [0.3, 0.4) is 0 Å². The summed E-state index contributed by atoms with van der Waals surface area (Å²) >= 11 is 0. The third-order valence-electron chi connectivity index (χ3n) is 1.85. The largest absolute Gasteiger partial charge is 0.465 e. The van der Waals surface area contributed by atoms with Crippen LogP contribution in [0.2, 0.25) is 0 Å². The molecule has 0 atom stereocenters. The fraction of sp³-hybridized carbons (Fsp3) is 0.111. The lowest BCUT2D eigenvalue weighted by atomic mass is 10.1. The van der Waals surface area contributed by atoms with Gasteiger partial charge in [0.2, 0.25) is 0 Å². The summed E-state index contributed by atoms with van der Waals surface area (Å²) in [7, 11) is 0. The molecule has 1 amide bonds. The fourth-order valence-electron chi connectivity index (χ4n) is 1.12. The van der Waals surface area contributed by atoms with Gasteiger partial charge in [-0.25, -0.2) is 4.79 Å². The molecule has 0 aliphatic rings. The molecule has 0 spiro atoms. The Morgan fingerprint density at radius 3 is 2.81 bits per heavy atom. The van der Waals surface area contributed by atoms with Crippen LogP contribution >= 0.6 is 0 Å². The second-order valence-electron chi connectivity index (χ2n) is 2.87. The van der Waals surface area contributed by atoms with Crippen molar-refractivity contribution >= 4 is 11.8 Å². The number of nitriles is 1. The lowest BCUT2D eigenvalue weighted by molar-refractivity contribution is -0.384. The number of non-ortho nitro benzene ring substituents is 1. The minimum atomic E-state index is -1.25. The maximum Gasteiger partial charge on any atom is 0.404 e. The molecule has 0 radical (unpaired) electrons. The van der Waals surface area contributed by atoms with Crippen LogP contribution in [0.4, 0.5) is 10.5 Å². The summed E-state index contributed by atoms with van der Waals surface area (Å²) in [4.78, 5) is 20.1. The molecule has 7 heteroatoms. The van der Waals surface area contributed by atoms with E-state index < -0.39 is 11.0 Å². The fourth-order valence-corrected chi connectivity index (χ4v) is 1.12. The summed E-state index contributed by atoms with van der Waals surface area (Å²) in [6, 6.07) is 5.49. The van der Waals surface area contributed by atoms with Crippen LogP contribution in [0.25, 0.3) is 0 Å². The Balaban J connectivity index is 3.03. The van der Waals surface area contributed by atoms with E-state index in [-0.39, 0.29) is 23.4 Å². The van der Waals surface area contributed by atoms with Gasteiger partial charge in [-0.1, -0.05) is 0 Å². The molecule has 2 N–H and O–H groups in total. The normalized spacial score (nSPS) is 9.19. The molecule has 0 heterocycles. The zero-order valence-corrected chi connectivity index (χ0v) is 8.01. The van der Waals surface area contributed by atoms with Crippen molar-refractivity contribution in [2.75, 3.05) is 0 Å². The molecule has 0 fully saturated rings. The maximum absolute atomic E-state index is 10.5. The molecule has 7 nitrogen and oxygen atoms in total.